The molecule has 126 valence electrons. The highest BCUT2D eigenvalue weighted by Gasteiger charge is 2.19. The monoisotopic (exact) mass is 393 g/mol. The first kappa shape index (κ1) is 16.9. The van der Waals surface area contributed by atoms with Crippen LogP contribution in [0.15, 0.2) is 41.0 Å². The summed E-state index contributed by atoms with van der Waals surface area (Å²) < 4.78 is 19.9. The van der Waals surface area contributed by atoms with E-state index in [4.69, 9.17) is 4.74 Å². The molecule has 7 heteroatoms. The third kappa shape index (κ3) is 3.91. The number of rotatable bonds is 4. The van der Waals surface area contributed by atoms with Gasteiger partial charge in [0.05, 0.1) is 18.8 Å². The van der Waals surface area contributed by atoms with Crippen LogP contribution in [0.3, 0.4) is 0 Å². The normalized spacial score (nSPS) is 14.5. The van der Waals surface area contributed by atoms with Gasteiger partial charge < -0.3 is 15.0 Å². The van der Waals surface area contributed by atoms with Crippen molar-refractivity contribution in [3.8, 4) is 0 Å². The van der Waals surface area contributed by atoms with Crippen LogP contribution in [-0.2, 0) is 11.3 Å². The molecule has 0 atom stereocenters. The molecule has 1 saturated heterocycles. The average molecular weight is 394 g/mol. The van der Waals surface area contributed by atoms with Gasteiger partial charge in [0, 0.05) is 35.9 Å². The number of aromatic nitrogens is 1. The molecule has 1 N–H and O–H groups in total. The predicted molar refractivity (Wildman–Crippen MR) is 92.5 cm³/mol. The van der Waals surface area contributed by atoms with E-state index in [1.807, 2.05) is 4.90 Å². The van der Waals surface area contributed by atoms with Crippen molar-refractivity contribution in [3.63, 3.8) is 0 Å². The number of ether oxygens (including phenoxy) is 1. The molecular formula is C17H17BrFN3O2. The van der Waals surface area contributed by atoms with Gasteiger partial charge >= 0.3 is 0 Å². The Balaban J connectivity index is 1.74. The quantitative estimate of drug-likeness (QED) is 0.867. The summed E-state index contributed by atoms with van der Waals surface area (Å²) in [4.78, 5) is 18.9. The van der Waals surface area contributed by atoms with Gasteiger partial charge in [0.25, 0.3) is 5.91 Å². The third-order valence-electron chi connectivity index (χ3n) is 3.79. The van der Waals surface area contributed by atoms with Gasteiger partial charge in [-0.15, -0.1) is 0 Å². The van der Waals surface area contributed by atoms with Gasteiger partial charge in [-0.05, 0) is 30.3 Å². The molecule has 0 saturated carbocycles. The van der Waals surface area contributed by atoms with Gasteiger partial charge in [-0.25, -0.2) is 9.37 Å². The average Bonchev–Trinajstić information content (AvgIpc) is 2.63. The Morgan fingerprint density at radius 3 is 2.92 bits per heavy atom. The molecule has 5 nitrogen and oxygen atoms in total. The van der Waals surface area contributed by atoms with Crippen LogP contribution in [0.1, 0.15) is 15.9 Å². The van der Waals surface area contributed by atoms with E-state index >= 15 is 0 Å². The van der Waals surface area contributed by atoms with Crippen LogP contribution in [0.2, 0.25) is 0 Å². The largest absolute Gasteiger partial charge is 0.378 e. The minimum absolute atomic E-state index is 0.113. The highest BCUT2D eigenvalue weighted by molar-refractivity contribution is 9.10. The van der Waals surface area contributed by atoms with E-state index in [9.17, 15) is 9.18 Å². The van der Waals surface area contributed by atoms with E-state index in [0.29, 0.717) is 43.2 Å². The maximum Gasteiger partial charge on any atom is 0.255 e. The highest BCUT2D eigenvalue weighted by Crippen LogP contribution is 2.19. The summed E-state index contributed by atoms with van der Waals surface area (Å²) in [5.74, 6) is 0.00932. The zero-order chi connectivity index (χ0) is 16.9. The number of amides is 1. The van der Waals surface area contributed by atoms with E-state index in [1.165, 1.54) is 6.07 Å². The van der Waals surface area contributed by atoms with Crippen LogP contribution in [0.25, 0.3) is 0 Å². The second kappa shape index (κ2) is 7.72. The SMILES string of the molecule is O=C(NCc1cc(Br)ccc1F)c1cccnc1N1CCOCC1. The number of morpholine rings is 1. The zero-order valence-electron chi connectivity index (χ0n) is 13.0. The van der Waals surface area contributed by atoms with Crippen LogP contribution in [-0.4, -0.2) is 37.2 Å². The van der Waals surface area contributed by atoms with Gasteiger partial charge in [0.1, 0.15) is 11.6 Å². The fourth-order valence-corrected chi connectivity index (χ4v) is 2.96. The third-order valence-corrected chi connectivity index (χ3v) is 4.28. The first-order valence-electron chi connectivity index (χ1n) is 7.65. The Labute approximate surface area is 148 Å². The number of pyridine rings is 1. The summed E-state index contributed by atoms with van der Waals surface area (Å²) in [6.07, 6.45) is 1.66. The van der Waals surface area contributed by atoms with Crippen molar-refractivity contribution in [1.29, 1.82) is 0 Å². The molecule has 1 aromatic heterocycles. The first-order valence-corrected chi connectivity index (χ1v) is 8.44. The topological polar surface area (TPSA) is 54.5 Å². The number of hydrogen-bond donors (Lipinski definition) is 1. The maximum atomic E-state index is 13.8. The van der Waals surface area contributed by atoms with Gasteiger partial charge in [0.2, 0.25) is 0 Å². The van der Waals surface area contributed by atoms with Gasteiger partial charge in [-0.3, -0.25) is 4.79 Å². The Morgan fingerprint density at radius 2 is 2.12 bits per heavy atom. The molecule has 2 aromatic rings. The number of carbonyl (C=O) groups excluding carboxylic acids is 1. The predicted octanol–water partition coefficient (Wildman–Crippen LogP) is 2.75. The first-order chi connectivity index (χ1) is 11.6. The molecule has 0 aliphatic carbocycles. The molecule has 0 radical (unpaired) electrons. The van der Waals surface area contributed by atoms with Crippen molar-refractivity contribution in [2.45, 2.75) is 6.54 Å². The zero-order valence-corrected chi connectivity index (χ0v) is 14.6. The molecule has 1 aliphatic heterocycles. The van der Waals surface area contributed by atoms with Crippen molar-refractivity contribution in [2.75, 3.05) is 31.2 Å². The van der Waals surface area contributed by atoms with Crippen LogP contribution >= 0.6 is 15.9 Å². The van der Waals surface area contributed by atoms with E-state index in [2.05, 4.69) is 26.2 Å². The molecule has 3 rings (SSSR count). The molecule has 1 fully saturated rings. The standard InChI is InChI=1S/C17H17BrFN3O2/c18-13-3-4-15(19)12(10-13)11-21-17(23)14-2-1-5-20-16(14)22-6-8-24-9-7-22/h1-5,10H,6-9,11H2,(H,21,23). The molecular weight excluding hydrogens is 377 g/mol. The highest BCUT2D eigenvalue weighted by atomic mass is 79.9. The summed E-state index contributed by atoms with van der Waals surface area (Å²) in [6.45, 7) is 2.72. The molecule has 2 heterocycles. The van der Waals surface area contributed by atoms with Crippen molar-refractivity contribution in [1.82, 2.24) is 10.3 Å². The second-order valence-corrected chi connectivity index (χ2v) is 6.31. The van der Waals surface area contributed by atoms with E-state index in [-0.39, 0.29) is 18.3 Å². The fraction of sp³-hybridized carbons (Fsp3) is 0.294. The minimum Gasteiger partial charge on any atom is -0.378 e. The lowest BCUT2D eigenvalue weighted by atomic mass is 10.2. The Kier molecular flexibility index (Phi) is 5.42. The summed E-state index contributed by atoms with van der Waals surface area (Å²) >= 11 is 3.30. The molecule has 24 heavy (non-hydrogen) atoms. The van der Waals surface area contributed by atoms with E-state index in [0.717, 1.165) is 4.47 Å². The summed E-state index contributed by atoms with van der Waals surface area (Å²) in [5, 5.41) is 2.77. The Bertz CT molecular complexity index is 736. The molecule has 0 spiro atoms. The van der Waals surface area contributed by atoms with Crippen LogP contribution < -0.4 is 10.2 Å². The smallest absolute Gasteiger partial charge is 0.255 e. The number of hydrogen-bond acceptors (Lipinski definition) is 4. The van der Waals surface area contributed by atoms with Crippen molar-refractivity contribution in [3.05, 3.63) is 57.9 Å². The number of benzene rings is 1. The summed E-state index contributed by atoms with van der Waals surface area (Å²) in [7, 11) is 0. The van der Waals surface area contributed by atoms with E-state index < -0.39 is 0 Å². The molecule has 1 aromatic carbocycles. The number of halogens is 2. The fourth-order valence-electron chi connectivity index (χ4n) is 2.55. The lowest BCUT2D eigenvalue weighted by molar-refractivity contribution is 0.0948. The maximum absolute atomic E-state index is 13.8. The Hall–Kier alpha value is -1.99. The van der Waals surface area contributed by atoms with Gasteiger partial charge in [-0.2, -0.15) is 0 Å². The summed E-state index contributed by atoms with van der Waals surface area (Å²) in [5.41, 5.74) is 0.907. The molecule has 0 unspecified atom stereocenters. The lowest BCUT2D eigenvalue weighted by Crippen LogP contribution is -2.38. The van der Waals surface area contributed by atoms with Crippen LogP contribution in [0, 0.1) is 5.82 Å². The molecule has 0 bridgehead atoms. The lowest BCUT2D eigenvalue weighted by Gasteiger charge is -2.29. The molecule has 1 aliphatic rings. The van der Waals surface area contributed by atoms with Crippen molar-refractivity contribution < 1.29 is 13.9 Å². The Morgan fingerprint density at radius 1 is 1.33 bits per heavy atom. The van der Waals surface area contributed by atoms with E-state index in [1.54, 1.807) is 30.5 Å². The second-order valence-electron chi connectivity index (χ2n) is 5.39. The van der Waals surface area contributed by atoms with Gasteiger partial charge in [0.15, 0.2) is 0 Å². The number of nitrogens with one attached hydrogen (secondary N) is 1. The minimum atomic E-state index is -0.349. The summed E-state index contributed by atoms with van der Waals surface area (Å²) in [6, 6.07) is 8.10. The number of nitrogens with zero attached hydrogens (tertiary/aromatic N) is 2. The van der Waals surface area contributed by atoms with Crippen molar-refractivity contribution in [2.24, 2.45) is 0 Å². The van der Waals surface area contributed by atoms with Crippen LogP contribution in [0.5, 0.6) is 0 Å². The number of carbonyl (C=O) groups is 1. The van der Waals surface area contributed by atoms with Crippen LogP contribution in [0.4, 0.5) is 10.2 Å². The van der Waals surface area contributed by atoms with Crippen molar-refractivity contribution >= 4 is 27.7 Å². The number of anilines is 1. The van der Waals surface area contributed by atoms with Gasteiger partial charge in [-0.1, -0.05) is 15.9 Å². The molecule has 1 amide bonds.